The molecule has 0 spiro atoms. The summed E-state index contributed by atoms with van der Waals surface area (Å²) in [5.74, 6) is -0.401. The van der Waals surface area contributed by atoms with Crippen LogP contribution in [0.15, 0.2) is 6.07 Å². The molecule has 6 nitrogen and oxygen atoms in total. The molecule has 2 aromatic heterocycles. The van der Waals surface area contributed by atoms with Crippen molar-refractivity contribution < 1.29 is 4.79 Å². The first kappa shape index (κ1) is 10.1. The van der Waals surface area contributed by atoms with Crippen LogP contribution < -0.4 is 5.73 Å². The van der Waals surface area contributed by atoms with Crippen LogP contribution in [0.25, 0.3) is 5.78 Å². The van der Waals surface area contributed by atoms with Crippen LogP contribution in [0, 0.1) is 25.2 Å². The fourth-order valence-corrected chi connectivity index (χ4v) is 1.65. The summed E-state index contributed by atoms with van der Waals surface area (Å²) in [6.45, 7) is 3.63. The molecule has 6 heteroatoms. The van der Waals surface area contributed by atoms with Crippen molar-refractivity contribution in [2.75, 3.05) is 0 Å². The zero-order valence-electron chi connectivity index (χ0n) is 8.85. The van der Waals surface area contributed by atoms with Gasteiger partial charge in [0.1, 0.15) is 6.07 Å². The summed E-state index contributed by atoms with van der Waals surface area (Å²) >= 11 is 0. The predicted octanol–water partition coefficient (Wildman–Crippen LogP) is 0.317. The molecule has 16 heavy (non-hydrogen) atoms. The third kappa shape index (κ3) is 1.30. The van der Waals surface area contributed by atoms with Gasteiger partial charge in [0.2, 0.25) is 5.78 Å². The number of carbonyl (C=O) groups excluding carboxylic acids is 1. The zero-order valence-corrected chi connectivity index (χ0v) is 8.85. The molecule has 0 bridgehead atoms. The molecule has 0 saturated carbocycles. The minimum absolute atomic E-state index is 0.0382. The summed E-state index contributed by atoms with van der Waals surface area (Å²) in [6, 6.07) is 3.73. The molecule has 0 aromatic carbocycles. The Kier molecular flexibility index (Phi) is 2.09. The molecular weight excluding hydrogens is 206 g/mol. The minimum Gasteiger partial charge on any atom is -0.364 e. The van der Waals surface area contributed by atoms with Crippen molar-refractivity contribution in [3.05, 3.63) is 28.8 Å². The van der Waals surface area contributed by atoms with Crippen molar-refractivity contribution in [3.8, 4) is 6.07 Å². The third-order valence-electron chi connectivity index (χ3n) is 2.25. The molecule has 0 aliphatic carbocycles. The normalized spacial score (nSPS) is 10.3. The van der Waals surface area contributed by atoms with Crippen LogP contribution in [-0.4, -0.2) is 20.3 Å². The number of nitrogens with two attached hydrogens (primary N) is 1. The molecule has 0 unspecified atom stereocenters. The van der Waals surface area contributed by atoms with E-state index in [9.17, 15) is 4.79 Å². The van der Waals surface area contributed by atoms with E-state index in [1.54, 1.807) is 6.07 Å². The Bertz CT molecular complexity index is 635. The topological polar surface area (TPSA) is 97.1 Å². The summed E-state index contributed by atoms with van der Waals surface area (Å²) in [5.41, 5.74) is 6.81. The summed E-state index contributed by atoms with van der Waals surface area (Å²) in [6.07, 6.45) is 0. The second-order valence-electron chi connectivity index (χ2n) is 3.46. The maximum absolute atomic E-state index is 11.1. The van der Waals surface area contributed by atoms with Crippen LogP contribution >= 0.6 is 0 Å². The first-order valence-corrected chi connectivity index (χ1v) is 4.61. The lowest BCUT2D eigenvalue weighted by molar-refractivity contribution is 0.0996. The Morgan fingerprint density at radius 3 is 2.75 bits per heavy atom. The van der Waals surface area contributed by atoms with Gasteiger partial charge in [-0.15, -0.1) is 0 Å². The number of fused-ring (bicyclic) bond motifs is 1. The van der Waals surface area contributed by atoms with Crippen molar-refractivity contribution in [1.82, 2.24) is 14.4 Å². The number of hydrogen-bond donors (Lipinski definition) is 1. The zero-order chi connectivity index (χ0) is 11.9. The van der Waals surface area contributed by atoms with Crippen molar-refractivity contribution in [1.29, 1.82) is 5.26 Å². The molecule has 0 aliphatic rings. The number of nitriles is 1. The Balaban J connectivity index is 2.95. The number of rotatable bonds is 1. The van der Waals surface area contributed by atoms with Crippen LogP contribution in [0.1, 0.15) is 27.6 Å². The van der Waals surface area contributed by atoms with Gasteiger partial charge < -0.3 is 5.73 Å². The minimum atomic E-state index is -0.723. The van der Waals surface area contributed by atoms with Gasteiger partial charge in [-0.3, -0.25) is 9.20 Å². The Morgan fingerprint density at radius 2 is 2.19 bits per heavy atom. The monoisotopic (exact) mass is 215 g/mol. The smallest absolute Gasteiger partial charge is 0.270 e. The van der Waals surface area contributed by atoms with Gasteiger partial charge in [0.25, 0.3) is 5.91 Å². The van der Waals surface area contributed by atoms with Gasteiger partial charge >= 0.3 is 0 Å². The van der Waals surface area contributed by atoms with E-state index in [1.165, 1.54) is 4.40 Å². The molecule has 2 aromatic rings. The van der Waals surface area contributed by atoms with Gasteiger partial charge in [-0.1, -0.05) is 0 Å². The molecular formula is C10H9N5O. The molecule has 0 radical (unpaired) electrons. The van der Waals surface area contributed by atoms with E-state index >= 15 is 0 Å². The Hall–Kier alpha value is -2.42. The molecule has 0 atom stereocenters. The SMILES string of the molecule is Cc1cc(C)n2c(C#N)c(C(N)=O)nc2n1. The van der Waals surface area contributed by atoms with E-state index in [0.29, 0.717) is 5.78 Å². The molecule has 2 N–H and O–H groups in total. The molecule has 2 heterocycles. The van der Waals surface area contributed by atoms with Crippen LogP contribution in [0.4, 0.5) is 0 Å². The Labute approximate surface area is 91.3 Å². The predicted molar refractivity (Wildman–Crippen MR) is 55.7 cm³/mol. The fourth-order valence-electron chi connectivity index (χ4n) is 1.65. The molecule has 0 saturated heterocycles. The highest BCUT2D eigenvalue weighted by Crippen LogP contribution is 2.13. The lowest BCUT2D eigenvalue weighted by Crippen LogP contribution is -2.13. The van der Waals surface area contributed by atoms with E-state index in [0.717, 1.165) is 11.4 Å². The number of amides is 1. The lowest BCUT2D eigenvalue weighted by Gasteiger charge is -2.00. The third-order valence-corrected chi connectivity index (χ3v) is 2.25. The number of carbonyl (C=O) groups is 1. The number of imidazole rings is 1. The van der Waals surface area contributed by atoms with Gasteiger partial charge in [-0.25, -0.2) is 9.97 Å². The van der Waals surface area contributed by atoms with Crippen LogP contribution in [0.3, 0.4) is 0 Å². The van der Waals surface area contributed by atoms with Crippen molar-refractivity contribution in [2.24, 2.45) is 5.73 Å². The van der Waals surface area contributed by atoms with E-state index in [4.69, 9.17) is 11.0 Å². The standard InChI is InChI=1S/C10H9N5O/c1-5-3-6(2)15-7(4-11)8(9(12)16)14-10(15)13-5/h3H,1-2H3,(H2,12,16). The van der Waals surface area contributed by atoms with Crippen molar-refractivity contribution in [2.45, 2.75) is 13.8 Å². The highest BCUT2D eigenvalue weighted by atomic mass is 16.1. The van der Waals surface area contributed by atoms with Crippen LogP contribution in [0.2, 0.25) is 0 Å². The van der Waals surface area contributed by atoms with Crippen molar-refractivity contribution in [3.63, 3.8) is 0 Å². The van der Waals surface area contributed by atoms with Gasteiger partial charge in [-0.2, -0.15) is 5.26 Å². The van der Waals surface area contributed by atoms with Crippen LogP contribution in [-0.2, 0) is 0 Å². The van der Waals surface area contributed by atoms with Crippen LogP contribution in [0.5, 0.6) is 0 Å². The maximum Gasteiger partial charge on any atom is 0.270 e. The van der Waals surface area contributed by atoms with E-state index in [1.807, 2.05) is 19.9 Å². The second kappa shape index (κ2) is 3.31. The average molecular weight is 215 g/mol. The number of primary amides is 1. The number of nitrogens with zero attached hydrogens (tertiary/aromatic N) is 4. The second-order valence-corrected chi connectivity index (χ2v) is 3.46. The largest absolute Gasteiger partial charge is 0.364 e. The van der Waals surface area contributed by atoms with Crippen molar-refractivity contribution >= 4 is 11.7 Å². The van der Waals surface area contributed by atoms with Gasteiger partial charge in [0, 0.05) is 11.4 Å². The van der Waals surface area contributed by atoms with Gasteiger partial charge in [0.15, 0.2) is 11.4 Å². The number of aromatic nitrogens is 3. The molecule has 0 fully saturated rings. The average Bonchev–Trinajstić information content (AvgIpc) is 2.56. The lowest BCUT2D eigenvalue weighted by atomic mass is 10.3. The first-order chi connectivity index (χ1) is 7.54. The Morgan fingerprint density at radius 1 is 1.50 bits per heavy atom. The summed E-state index contributed by atoms with van der Waals surface area (Å²) in [5, 5.41) is 9.00. The first-order valence-electron chi connectivity index (χ1n) is 4.61. The molecule has 2 rings (SSSR count). The van der Waals surface area contributed by atoms with E-state index < -0.39 is 5.91 Å². The fraction of sp³-hybridized carbons (Fsp3) is 0.200. The van der Waals surface area contributed by atoms with Gasteiger partial charge in [-0.05, 0) is 19.9 Å². The summed E-state index contributed by atoms with van der Waals surface area (Å²) < 4.78 is 1.52. The molecule has 80 valence electrons. The number of hydrogen-bond acceptors (Lipinski definition) is 4. The van der Waals surface area contributed by atoms with E-state index in [-0.39, 0.29) is 11.4 Å². The molecule has 0 aliphatic heterocycles. The highest BCUT2D eigenvalue weighted by Gasteiger charge is 2.18. The maximum atomic E-state index is 11.1. The molecule has 1 amide bonds. The highest BCUT2D eigenvalue weighted by molar-refractivity contribution is 5.93. The van der Waals surface area contributed by atoms with Gasteiger partial charge in [0.05, 0.1) is 0 Å². The summed E-state index contributed by atoms with van der Waals surface area (Å²) in [4.78, 5) is 19.2. The quantitative estimate of drug-likeness (QED) is 0.740. The summed E-state index contributed by atoms with van der Waals surface area (Å²) in [7, 11) is 0. The number of aryl methyl sites for hydroxylation is 2. The van der Waals surface area contributed by atoms with E-state index in [2.05, 4.69) is 9.97 Å².